The van der Waals surface area contributed by atoms with E-state index in [-0.39, 0.29) is 29.8 Å². The first-order valence-corrected chi connectivity index (χ1v) is 10.9. The van der Waals surface area contributed by atoms with Crippen LogP contribution in [0.1, 0.15) is 22.6 Å². The largest absolute Gasteiger partial charge is 0.302 e. The monoisotopic (exact) mass is 370 g/mol. The van der Waals surface area contributed by atoms with Gasteiger partial charge in [0.15, 0.2) is 15.0 Å². The molecule has 1 aliphatic heterocycles. The Labute approximate surface area is 143 Å². The van der Waals surface area contributed by atoms with Crippen LogP contribution in [0.15, 0.2) is 11.4 Å². The molecule has 2 aromatic heterocycles. The molecular weight excluding hydrogens is 352 g/mol. The summed E-state index contributed by atoms with van der Waals surface area (Å²) in [5.74, 6) is 0.0903. The van der Waals surface area contributed by atoms with Crippen LogP contribution in [0.4, 0.5) is 5.13 Å². The predicted molar refractivity (Wildman–Crippen MR) is 94.9 cm³/mol. The first-order valence-electron chi connectivity index (χ1n) is 7.35. The average molecular weight is 371 g/mol. The maximum atomic E-state index is 12.1. The van der Waals surface area contributed by atoms with Crippen LogP contribution in [0.2, 0.25) is 0 Å². The minimum Gasteiger partial charge on any atom is -0.302 e. The highest BCUT2D eigenvalue weighted by atomic mass is 32.2. The van der Waals surface area contributed by atoms with Gasteiger partial charge in [0.05, 0.1) is 17.2 Å². The van der Waals surface area contributed by atoms with Gasteiger partial charge in [0.25, 0.3) is 0 Å². The number of thiophene rings is 1. The molecule has 0 bridgehead atoms. The van der Waals surface area contributed by atoms with Crippen LogP contribution in [0, 0.1) is 19.8 Å². The molecule has 0 saturated carbocycles. The van der Waals surface area contributed by atoms with Crippen molar-refractivity contribution in [1.82, 2.24) is 4.98 Å². The summed E-state index contributed by atoms with van der Waals surface area (Å²) in [4.78, 5) is 19.0. The Hall–Kier alpha value is -1.25. The van der Waals surface area contributed by atoms with E-state index in [9.17, 15) is 13.2 Å². The lowest BCUT2D eigenvalue weighted by Crippen LogP contribution is -2.17. The molecule has 8 heteroatoms. The molecule has 0 spiro atoms. The van der Waals surface area contributed by atoms with E-state index in [0.29, 0.717) is 11.6 Å². The molecule has 1 N–H and O–H groups in total. The third-order valence-corrected chi connectivity index (χ3v) is 7.43. The fourth-order valence-electron chi connectivity index (χ4n) is 2.81. The van der Waals surface area contributed by atoms with Crippen LogP contribution in [0.25, 0.3) is 11.3 Å². The van der Waals surface area contributed by atoms with E-state index in [4.69, 9.17) is 0 Å². The van der Waals surface area contributed by atoms with Crippen molar-refractivity contribution >= 4 is 43.5 Å². The fourth-order valence-corrected chi connectivity index (χ4v) is 6.33. The summed E-state index contributed by atoms with van der Waals surface area (Å²) in [7, 11) is -2.94. The van der Waals surface area contributed by atoms with E-state index in [0.717, 1.165) is 11.3 Å². The molecule has 5 nitrogen and oxygen atoms in total. The highest BCUT2D eigenvalue weighted by Gasteiger charge is 2.29. The number of nitrogens with one attached hydrogen (secondary N) is 1. The van der Waals surface area contributed by atoms with Crippen molar-refractivity contribution in [3.8, 4) is 11.3 Å². The van der Waals surface area contributed by atoms with Crippen LogP contribution in [0.3, 0.4) is 0 Å². The molecule has 1 atom stereocenters. The molecule has 0 aromatic carbocycles. The van der Waals surface area contributed by atoms with E-state index in [1.165, 1.54) is 21.1 Å². The summed E-state index contributed by atoms with van der Waals surface area (Å²) in [6, 6.07) is 2.10. The van der Waals surface area contributed by atoms with Crippen molar-refractivity contribution in [2.75, 3.05) is 16.8 Å². The Bertz CT molecular complexity index is 836. The number of thiazole rings is 1. The molecule has 2 aromatic rings. The number of carbonyl (C=O) groups excluding carboxylic acids is 1. The standard InChI is InChI=1S/C15H18N2O3S3/c1-9-5-12(10(2)22-9)13-7-21-15(16-13)17-14(18)6-11-3-4-23(19,20)8-11/h5,7,11H,3-4,6,8H2,1-2H3,(H,16,17,18). The summed E-state index contributed by atoms with van der Waals surface area (Å²) in [6.07, 6.45) is 0.816. The van der Waals surface area contributed by atoms with E-state index in [1.807, 2.05) is 5.38 Å². The Kier molecular flexibility index (Phi) is 4.57. The lowest BCUT2D eigenvalue weighted by Gasteiger charge is -2.06. The number of sulfone groups is 1. The number of nitrogens with zero attached hydrogens (tertiary/aromatic N) is 1. The van der Waals surface area contributed by atoms with Gasteiger partial charge in [-0.25, -0.2) is 13.4 Å². The highest BCUT2D eigenvalue weighted by molar-refractivity contribution is 7.91. The van der Waals surface area contributed by atoms with Crippen molar-refractivity contribution in [3.63, 3.8) is 0 Å². The van der Waals surface area contributed by atoms with E-state index in [2.05, 4.69) is 30.2 Å². The molecule has 3 rings (SSSR count). The van der Waals surface area contributed by atoms with Gasteiger partial charge in [-0.3, -0.25) is 4.79 Å². The first kappa shape index (κ1) is 16.6. The van der Waals surface area contributed by atoms with Gasteiger partial charge < -0.3 is 5.32 Å². The Morgan fingerprint density at radius 1 is 1.43 bits per heavy atom. The second-order valence-electron chi connectivity index (χ2n) is 5.89. The molecule has 1 saturated heterocycles. The summed E-state index contributed by atoms with van der Waals surface area (Å²) in [5, 5.41) is 5.29. The second kappa shape index (κ2) is 6.33. The zero-order valence-electron chi connectivity index (χ0n) is 13.0. The molecular formula is C15H18N2O3S3. The molecule has 1 amide bonds. The summed E-state index contributed by atoms with van der Waals surface area (Å²) in [5.41, 5.74) is 1.97. The molecule has 0 radical (unpaired) electrons. The molecule has 1 fully saturated rings. The van der Waals surface area contributed by atoms with Gasteiger partial charge in [-0.05, 0) is 32.3 Å². The van der Waals surface area contributed by atoms with Crippen molar-refractivity contribution in [2.24, 2.45) is 5.92 Å². The number of anilines is 1. The van der Waals surface area contributed by atoms with Crippen molar-refractivity contribution in [3.05, 3.63) is 21.2 Å². The Balaban J connectivity index is 1.63. The number of amides is 1. The van der Waals surface area contributed by atoms with Crippen LogP contribution in [-0.4, -0.2) is 30.8 Å². The zero-order chi connectivity index (χ0) is 16.6. The molecule has 1 unspecified atom stereocenters. The average Bonchev–Trinajstić information content (AvgIpc) is 3.10. The minimum absolute atomic E-state index is 0.0683. The molecule has 3 heterocycles. The fraction of sp³-hybridized carbons (Fsp3) is 0.467. The normalized spacial score (nSPS) is 19.8. The number of rotatable bonds is 4. The van der Waals surface area contributed by atoms with Crippen molar-refractivity contribution in [2.45, 2.75) is 26.7 Å². The minimum atomic E-state index is -2.94. The highest BCUT2D eigenvalue weighted by Crippen LogP contribution is 2.32. The van der Waals surface area contributed by atoms with Gasteiger partial charge in [0.2, 0.25) is 5.91 Å². The SMILES string of the molecule is Cc1cc(-c2csc(NC(=O)CC3CCS(=O)(=O)C3)n2)c(C)s1. The molecule has 0 aliphatic carbocycles. The Morgan fingerprint density at radius 3 is 2.83 bits per heavy atom. The molecule has 124 valence electrons. The van der Waals surface area contributed by atoms with Gasteiger partial charge in [-0.1, -0.05) is 0 Å². The van der Waals surface area contributed by atoms with E-state index >= 15 is 0 Å². The Morgan fingerprint density at radius 2 is 2.22 bits per heavy atom. The van der Waals surface area contributed by atoms with Crippen LogP contribution in [0.5, 0.6) is 0 Å². The third kappa shape index (κ3) is 3.99. The summed E-state index contributed by atoms with van der Waals surface area (Å²) >= 11 is 3.12. The third-order valence-electron chi connectivity index (χ3n) is 3.87. The predicted octanol–water partition coefficient (Wildman–Crippen LogP) is 3.25. The summed E-state index contributed by atoms with van der Waals surface area (Å²) < 4.78 is 22.9. The number of carbonyl (C=O) groups is 1. The maximum Gasteiger partial charge on any atom is 0.226 e. The van der Waals surface area contributed by atoms with Gasteiger partial charge >= 0.3 is 0 Å². The van der Waals surface area contributed by atoms with Gasteiger partial charge in [-0.2, -0.15) is 0 Å². The molecule has 23 heavy (non-hydrogen) atoms. The zero-order valence-corrected chi connectivity index (χ0v) is 15.4. The quantitative estimate of drug-likeness (QED) is 0.896. The van der Waals surface area contributed by atoms with E-state index in [1.54, 1.807) is 11.3 Å². The smallest absolute Gasteiger partial charge is 0.226 e. The first-order chi connectivity index (χ1) is 10.8. The molecule has 1 aliphatic rings. The topological polar surface area (TPSA) is 76.1 Å². The van der Waals surface area contributed by atoms with Crippen molar-refractivity contribution < 1.29 is 13.2 Å². The lowest BCUT2D eigenvalue weighted by atomic mass is 10.1. The van der Waals surface area contributed by atoms with Crippen LogP contribution >= 0.6 is 22.7 Å². The number of hydrogen-bond donors (Lipinski definition) is 1. The van der Waals surface area contributed by atoms with E-state index < -0.39 is 9.84 Å². The summed E-state index contributed by atoms with van der Waals surface area (Å²) in [6.45, 7) is 4.12. The van der Waals surface area contributed by atoms with Crippen molar-refractivity contribution in [1.29, 1.82) is 0 Å². The second-order valence-corrected chi connectivity index (χ2v) is 10.4. The van der Waals surface area contributed by atoms with Crippen LogP contribution < -0.4 is 5.32 Å². The lowest BCUT2D eigenvalue weighted by molar-refractivity contribution is -0.116. The van der Waals surface area contributed by atoms with Crippen LogP contribution in [-0.2, 0) is 14.6 Å². The van der Waals surface area contributed by atoms with Gasteiger partial charge in [0.1, 0.15) is 0 Å². The number of aryl methyl sites for hydroxylation is 2. The maximum absolute atomic E-state index is 12.1. The van der Waals surface area contributed by atoms with Gasteiger partial charge in [0, 0.05) is 27.1 Å². The number of aromatic nitrogens is 1. The van der Waals surface area contributed by atoms with Gasteiger partial charge in [-0.15, -0.1) is 22.7 Å². The number of hydrogen-bond acceptors (Lipinski definition) is 6.